The van der Waals surface area contributed by atoms with E-state index in [1.165, 1.54) is 11.6 Å². The summed E-state index contributed by atoms with van der Waals surface area (Å²) in [6.45, 7) is 0. The van der Waals surface area contributed by atoms with Crippen LogP contribution in [0.15, 0.2) is 23.1 Å². The van der Waals surface area contributed by atoms with Crippen LogP contribution in [0.25, 0.3) is 0 Å². The third-order valence-corrected chi connectivity index (χ3v) is 3.47. The van der Waals surface area contributed by atoms with E-state index in [1.54, 1.807) is 12.1 Å². The Labute approximate surface area is 112 Å². The van der Waals surface area contributed by atoms with E-state index in [-0.39, 0.29) is 34.5 Å². The summed E-state index contributed by atoms with van der Waals surface area (Å²) in [7, 11) is -4.04. The van der Waals surface area contributed by atoms with Crippen LogP contribution in [-0.4, -0.2) is 42.5 Å². The van der Waals surface area contributed by atoms with Gasteiger partial charge in [-0.25, -0.2) is 0 Å². The van der Waals surface area contributed by atoms with Crippen molar-refractivity contribution in [3.05, 3.63) is 29.3 Å². The van der Waals surface area contributed by atoms with Crippen LogP contribution in [0.3, 0.4) is 0 Å². The van der Waals surface area contributed by atoms with E-state index in [4.69, 9.17) is 4.55 Å². The average molecular weight is 235 g/mol. The Kier molecular flexibility index (Phi) is 4.38. The zero-order chi connectivity index (χ0) is 10.2. The van der Waals surface area contributed by atoms with E-state index in [0.717, 1.165) is 31.2 Å². The van der Waals surface area contributed by atoms with Crippen molar-refractivity contribution in [2.75, 3.05) is 0 Å². The van der Waals surface area contributed by atoms with Crippen LogP contribution in [0, 0.1) is 0 Å². The van der Waals surface area contributed by atoms with E-state index < -0.39 is 10.1 Å². The SMILES string of the molecule is O=S(=O)(O)c1ccc2c(c1)CCCC2.[Na]. The normalized spacial score (nSPS) is 15.3. The second-order valence-electron chi connectivity index (χ2n) is 3.61. The van der Waals surface area contributed by atoms with E-state index in [1.807, 2.05) is 0 Å². The fraction of sp³-hybridized carbons (Fsp3) is 0.400. The maximum absolute atomic E-state index is 10.9. The number of hydrogen-bond acceptors (Lipinski definition) is 2. The predicted molar refractivity (Wildman–Crippen MR) is 58.7 cm³/mol. The molecular formula is C10H12NaO3S. The van der Waals surface area contributed by atoms with Crippen LogP contribution >= 0.6 is 0 Å². The van der Waals surface area contributed by atoms with Gasteiger partial charge in [0.2, 0.25) is 0 Å². The monoisotopic (exact) mass is 235 g/mol. The van der Waals surface area contributed by atoms with Crippen LogP contribution in [0.5, 0.6) is 0 Å². The van der Waals surface area contributed by atoms with Crippen LogP contribution < -0.4 is 0 Å². The second-order valence-corrected chi connectivity index (χ2v) is 5.03. The third kappa shape index (κ3) is 3.04. The van der Waals surface area contributed by atoms with Crippen LogP contribution in [0.4, 0.5) is 0 Å². The van der Waals surface area contributed by atoms with Gasteiger partial charge >= 0.3 is 0 Å². The fourth-order valence-corrected chi connectivity index (χ4v) is 2.40. The van der Waals surface area contributed by atoms with Crippen LogP contribution in [-0.2, 0) is 23.0 Å². The van der Waals surface area contributed by atoms with Crippen molar-refractivity contribution in [2.24, 2.45) is 0 Å². The zero-order valence-electron chi connectivity index (χ0n) is 8.73. The average Bonchev–Trinajstić information content (AvgIpc) is 2.16. The standard InChI is InChI=1S/C10H12O3S.Na/c11-14(12,13)10-6-5-8-3-1-2-4-9(8)7-10;/h5-7H,1-4H2,(H,11,12,13);. The van der Waals surface area contributed by atoms with Gasteiger partial charge in [0.05, 0.1) is 4.90 Å². The molecule has 0 heterocycles. The Hall–Kier alpha value is 0.130. The van der Waals surface area contributed by atoms with Crippen molar-refractivity contribution >= 4 is 39.7 Å². The molecule has 0 saturated heterocycles. The van der Waals surface area contributed by atoms with Gasteiger partial charge in [-0.2, -0.15) is 8.42 Å². The Bertz CT molecular complexity index is 454. The molecule has 1 N–H and O–H groups in total. The molecule has 0 unspecified atom stereocenters. The Morgan fingerprint density at radius 1 is 1.07 bits per heavy atom. The molecule has 5 heteroatoms. The molecule has 0 spiro atoms. The minimum atomic E-state index is -4.04. The van der Waals surface area contributed by atoms with E-state index in [9.17, 15) is 8.42 Å². The summed E-state index contributed by atoms with van der Waals surface area (Å²) < 4.78 is 30.6. The molecule has 3 nitrogen and oxygen atoms in total. The molecule has 15 heavy (non-hydrogen) atoms. The maximum atomic E-state index is 10.9. The summed E-state index contributed by atoms with van der Waals surface area (Å²) in [5, 5.41) is 0. The summed E-state index contributed by atoms with van der Waals surface area (Å²) in [5.74, 6) is 0. The number of fused-ring (bicyclic) bond motifs is 1. The molecule has 0 amide bonds. The molecule has 77 valence electrons. The minimum Gasteiger partial charge on any atom is -0.282 e. The van der Waals surface area contributed by atoms with Gasteiger partial charge in [-0.1, -0.05) is 6.07 Å². The molecule has 1 aliphatic carbocycles. The van der Waals surface area contributed by atoms with E-state index >= 15 is 0 Å². The fourth-order valence-electron chi connectivity index (χ4n) is 1.87. The quantitative estimate of drug-likeness (QED) is 0.592. The first-order valence-corrected chi connectivity index (χ1v) is 6.11. The molecule has 2 rings (SSSR count). The summed E-state index contributed by atoms with van der Waals surface area (Å²) in [5.41, 5.74) is 2.27. The van der Waals surface area contributed by atoms with Crippen molar-refractivity contribution in [2.45, 2.75) is 30.6 Å². The van der Waals surface area contributed by atoms with Crippen molar-refractivity contribution in [3.8, 4) is 0 Å². The summed E-state index contributed by atoms with van der Waals surface area (Å²) >= 11 is 0. The first-order valence-electron chi connectivity index (χ1n) is 4.67. The molecule has 1 aromatic rings. The van der Waals surface area contributed by atoms with Gasteiger partial charge in [0, 0.05) is 29.6 Å². The maximum Gasteiger partial charge on any atom is 0.294 e. The summed E-state index contributed by atoms with van der Waals surface area (Å²) in [6, 6.07) is 4.86. The predicted octanol–water partition coefficient (Wildman–Crippen LogP) is 1.43. The molecule has 1 aromatic carbocycles. The van der Waals surface area contributed by atoms with Crippen molar-refractivity contribution < 1.29 is 13.0 Å². The van der Waals surface area contributed by atoms with Gasteiger partial charge in [0.15, 0.2) is 0 Å². The number of benzene rings is 1. The van der Waals surface area contributed by atoms with Gasteiger partial charge < -0.3 is 0 Å². The van der Waals surface area contributed by atoms with Crippen LogP contribution in [0.1, 0.15) is 24.0 Å². The molecular weight excluding hydrogens is 223 g/mol. The molecule has 0 fully saturated rings. The van der Waals surface area contributed by atoms with Gasteiger partial charge in [-0.3, -0.25) is 4.55 Å². The van der Waals surface area contributed by atoms with Gasteiger partial charge in [0.25, 0.3) is 10.1 Å². The first kappa shape index (κ1) is 13.2. The van der Waals surface area contributed by atoms with Gasteiger partial charge in [-0.15, -0.1) is 0 Å². The molecule has 0 aromatic heterocycles. The Balaban J connectivity index is 0.00000112. The second kappa shape index (κ2) is 4.97. The largest absolute Gasteiger partial charge is 0.294 e. The number of aryl methyl sites for hydroxylation is 2. The van der Waals surface area contributed by atoms with Crippen LogP contribution in [0.2, 0.25) is 0 Å². The summed E-state index contributed by atoms with van der Waals surface area (Å²) in [6.07, 6.45) is 4.19. The van der Waals surface area contributed by atoms with E-state index in [2.05, 4.69) is 0 Å². The summed E-state index contributed by atoms with van der Waals surface area (Å²) in [4.78, 5) is 0.0122. The number of rotatable bonds is 1. The van der Waals surface area contributed by atoms with Gasteiger partial charge in [-0.05, 0) is 48.9 Å². The zero-order valence-corrected chi connectivity index (χ0v) is 11.5. The van der Waals surface area contributed by atoms with Crippen molar-refractivity contribution in [1.82, 2.24) is 0 Å². The van der Waals surface area contributed by atoms with Crippen molar-refractivity contribution in [1.29, 1.82) is 0 Å². The number of hydrogen-bond donors (Lipinski definition) is 1. The first-order chi connectivity index (χ1) is 6.57. The molecule has 0 aliphatic heterocycles. The molecule has 0 saturated carbocycles. The Morgan fingerprint density at radius 3 is 2.27 bits per heavy atom. The minimum absolute atomic E-state index is 0. The molecule has 1 aliphatic rings. The van der Waals surface area contributed by atoms with E-state index in [0.29, 0.717) is 0 Å². The third-order valence-electron chi connectivity index (χ3n) is 2.62. The molecule has 0 atom stereocenters. The van der Waals surface area contributed by atoms with Crippen molar-refractivity contribution in [3.63, 3.8) is 0 Å². The smallest absolute Gasteiger partial charge is 0.282 e. The molecule has 0 bridgehead atoms. The topological polar surface area (TPSA) is 54.4 Å². The Morgan fingerprint density at radius 2 is 1.67 bits per heavy atom. The molecule has 1 radical (unpaired) electrons. The van der Waals surface area contributed by atoms with Gasteiger partial charge in [0.1, 0.15) is 0 Å².